The van der Waals surface area contributed by atoms with Crippen LogP contribution in [0, 0.1) is 0 Å². The van der Waals surface area contributed by atoms with Crippen LogP contribution in [-0.4, -0.2) is 23.2 Å². The van der Waals surface area contributed by atoms with Gasteiger partial charge in [-0.25, -0.2) is 4.98 Å². The first-order chi connectivity index (χ1) is 8.36. The molecule has 0 radical (unpaired) electrons. The number of imidazole rings is 1. The molecule has 1 N–H and O–H groups in total. The quantitative estimate of drug-likeness (QED) is 0.859. The molecule has 0 bridgehead atoms. The second-order valence-electron chi connectivity index (χ2n) is 3.71. The van der Waals surface area contributed by atoms with Crippen LogP contribution in [0.2, 0.25) is 0 Å². The molecule has 90 valence electrons. The van der Waals surface area contributed by atoms with Gasteiger partial charge >= 0.3 is 0 Å². The molecule has 1 aromatic carbocycles. The van der Waals surface area contributed by atoms with E-state index in [2.05, 4.69) is 29.4 Å². The Balaban J connectivity index is 2.41. The van der Waals surface area contributed by atoms with Crippen molar-refractivity contribution in [1.29, 1.82) is 0 Å². The van der Waals surface area contributed by atoms with Gasteiger partial charge < -0.3 is 10.1 Å². The Morgan fingerprint density at radius 1 is 1.35 bits per heavy atom. The Kier molecular flexibility index (Phi) is 3.77. The average molecular weight is 231 g/mol. The molecule has 0 unspecified atom stereocenters. The van der Waals surface area contributed by atoms with Crippen LogP contribution in [0.1, 0.15) is 12.5 Å². The molecular weight excluding hydrogens is 214 g/mol. The summed E-state index contributed by atoms with van der Waals surface area (Å²) in [4.78, 5) is 4.29. The molecule has 0 aliphatic heterocycles. The van der Waals surface area contributed by atoms with E-state index < -0.39 is 0 Å². The van der Waals surface area contributed by atoms with E-state index >= 15 is 0 Å². The lowest BCUT2D eigenvalue weighted by Crippen LogP contribution is -2.07. The molecular formula is C13H17N3O. The average Bonchev–Trinajstić information content (AvgIpc) is 2.79. The van der Waals surface area contributed by atoms with Gasteiger partial charge in [0.05, 0.1) is 12.3 Å². The fraction of sp³-hybridized carbons (Fsp3) is 0.308. The van der Waals surface area contributed by atoms with E-state index in [1.54, 1.807) is 13.3 Å². The number of anilines is 1. The van der Waals surface area contributed by atoms with Crippen LogP contribution in [0.25, 0.3) is 5.69 Å². The highest BCUT2D eigenvalue weighted by molar-refractivity contribution is 5.47. The third-order valence-electron chi connectivity index (χ3n) is 2.53. The largest absolute Gasteiger partial charge is 0.380 e. The van der Waals surface area contributed by atoms with Gasteiger partial charge in [0.1, 0.15) is 0 Å². The fourth-order valence-corrected chi connectivity index (χ4v) is 1.81. The number of para-hydroxylation sites is 1. The fourth-order valence-electron chi connectivity index (χ4n) is 1.81. The maximum Gasteiger partial charge on any atom is 0.207 e. The smallest absolute Gasteiger partial charge is 0.207 e. The maximum atomic E-state index is 5.21. The second-order valence-corrected chi connectivity index (χ2v) is 3.71. The summed E-state index contributed by atoms with van der Waals surface area (Å²) < 4.78 is 7.25. The predicted molar refractivity (Wildman–Crippen MR) is 68.4 cm³/mol. The van der Waals surface area contributed by atoms with Gasteiger partial charge in [0.15, 0.2) is 0 Å². The molecule has 0 saturated carbocycles. The minimum atomic E-state index is 0.597. The van der Waals surface area contributed by atoms with E-state index in [9.17, 15) is 0 Å². The summed E-state index contributed by atoms with van der Waals surface area (Å²) in [7, 11) is 1.70. The summed E-state index contributed by atoms with van der Waals surface area (Å²) in [5, 5.41) is 3.23. The van der Waals surface area contributed by atoms with E-state index in [0.717, 1.165) is 23.7 Å². The molecule has 0 aliphatic carbocycles. The summed E-state index contributed by atoms with van der Waals surface area (Å²) in [6, 6.07) is 8.16. The highest BCUT2D eigenvalue weighted by Gasteiger charge is 2.07. The number of benzene rings is 1. The number of aromatic nitrogens is 2. The monoisotopic (exact) mass is 231 g/mol. The van der Waals surface area contributed by atoms with Gasteiger partial charge in [0, 0.05) is 31.6 Å². The SMILES string of the molecule is CCNc1nccn1-c1ccccc1COC. The first kappa shape index (κ1) is 11.7. The number of nitrogens with zero attached hydrogens (tertiary/aromatic N) is 2. The Bertz CT molecular complexity index is 479. The summed E-state index contributed by atoms with van der Waals surface area (Å²) in [5.41, 5.74) is 2.25. The Morgan fingerprint density at radius 2 is 2.18 bits per heavy atom. The van der Waals surface area contributed by atoms with Crippen LogP contribution < -0.4 is 5.32 Å². The van der Waals surface area contributed by atoms with Crippen molar-refractivity contribution in [2.75, 3.05) is 19.0 Å². The lowest BCUT2D eigenvalue weighted by atomic mass is 10.2. The van der Waals surface area contributed by atoms with E-state index in [4.69, 9.17) is 4.74 Å². The maximum absolute atomic E-state index is 5.21. The minimum Gasteiger partial charge on any atom is -0.380 e. The highest BCUT2D eigenvalue weighted by atomic mass is 16.5. The van der Waals surface area contributed by atoms with E-state index in [1.165, 1.54) is 0 Å². The zero-order valence-electron chi connectivity index (χ0n) is 10.2. The number of rotatable bonds is 5. The number of nitrogens with one attached hydrogen (secondary N) is 1. The van der Waals surface area contributed by atoms with Crippen molar-refractivity contribution in [1.82, 2.24) is 9.55 Å². The molecule has 4 heteroatoms. The molecule has 1 aromatic heterocycles. The van der Waals surface area contributed by atoms with Crippen molar-refractivity contribution in [2.45, 2.75) is 13.5 Å². The third kappa shape index (κ3) is 2.47. The van der Waals surface area contributed by atoms with Gasteiger partial charge in [-0.15, -0.1) is 0 Å². The number of hydrogen-bond acceptors (Lipinski definition) is 3. The van der Waals surface area contributed by atoms with E-state index in [0.29, 0.717) is 6.61 Å². The number of hydrogen-bond donors (Lipinski definition) is 1. The summed E-state index contributed by atoms with van der Waals surface area (Å²) in [5.74, 6) is 0.857. The number of ether oxygens (including phenoxy) is 1. The van der Waals surface area contributed by atoms with Crippen LogP contribution in [0.4, 0.5) is 5.95 Å². The lowest BCUT2D eigenvalue weighted by Gasteiger charge is -2.12. The van der Waals surface area contributed by atoms with Crippen molar-refractivity contribution in [3.05, 3.63) is 42.2 Å². The van der Waals surface area contributed by atoms with Gasteiger partial charge in [0.25, 0.3) is 0 Å². The Hall–Kier alpha value is -1.81. The van der Waals surface area contributed by atoms with Crippen molar-refractivity contribution < 1.29 is 4.74 Å². The van der Waals surface area contributed by atoms with Gasteiger partial charge in [-0.1, -0.05) is 18.2 Å². The molecule has 0 saturated heterocycles. The molecule has 4 nitrogen and oxygen atoms in total. The molecule has 2 aromatic rings. The second kappa shape index (κ2) is 5.50. The van der Waals surface area contributed by atoms with Gasteiger partial charge in [0.2, 0.25) is 5.95 Å². The minimum absolute atomic E-state index is 0.597. The molecule has 0 spiro atoms. The Labute approximate surface area is 101 Å². The van der Waals surface area contributed by atoms with E-state index in [1.807, 2.05) is 22.9 Å². The molecule has 0 aliphatic rings. The van der Waals surface area contributed by atoms with Crippen molar-refractivity contribution >= 4 is 5.95 Å². The predicted octanol–water partition coefficient (Wildman–Crippen LogP) is 2.45. The zero-order valence-corrected chi connectivity index (χ0v) is 10.2. The standard InChI is InChI=1S/C13H17N3O/c1-3-14-13-15-8-9-16(13)12-7-5-4-6-11(12)10-17-2/h4-9H,3,10H2,1-2H3,(H,14,15). The Morgan fingerprint density at radius 3 is 2.94 bits per heavy atom. The number of methoxy groups -OCH3 is 1. The lowest BCUT2D eigenvalue weighted by molar-refractivity contribution is 0.185. The first-order valence-corrected chi connectivity index (χ1v) is 5.71. The summed E-state index contributed by atoms with van der Waals surface area (Å²) in [6.45, 7) is 3.50. The molecule has 0 amide bonds. The van der Waals surface area contributed by atoms with Gasteiger partial charge in [-0.2, -0.15) is 0 Å². The van der Waals surface area contributed by atoms with Gasteiger partial charge in [-0.05, 0) is 13.0 Å². The third-order valence-corrected chi connectivity index (χ3v) is 2.53. The molecule has 0 fully saturated rings. The zero-order chi connectivity index (χ0) is 12.1. The van der Waals surface area contributed by atoms with Crippen molar-refractivity contribution in [2.24, 2.45) is 0 Å². The topological polar surface area (TPSA) is 39.1 Å². The summed E-state index contributed by atoms with van der Waals surface area (Å²) >= 11 is 0. The van der Waals surface area contributed by atoms with Crippen molar-refractivity contribution in [3.63, 3.8) is 0 Å². The normalized spacial score (nSPS) is 10.5. The van der Waals surface area contributed by atoms with Crippen molar-refractivity contribution in [3.8, 4) is 5.69 Å². The van der Waals surface area contributed by atoms with Crippen LogP contribution in [0.5, 0.6) is 0 Å². The van der Waals surface area contributed by atoms with E-state index in [-0.39, 0.29) is 0 Å². The molecule has 2 rings (SSSR count). The van der Waals surface area contributed by atoms with Crippen LogP contribution in [0.15, 0.2) is 36.7 Å². The summed E-state index contributed by atoms with van der Waals surface area (Å²) in [6.07, 6.45) is 3.74. The van der Waals surface area contributed by atoms with Crippen LogP contribution >= 0.6 is 0 Å². The molecule has 17 heavy (non-hydrogen) atoms. The first-order valence-electron chi connectivity index (χ1n) is 5.71. The highest BCUT2D eigenvalue weighted by Crippen LogP contribution is 2.19. The van der Waals surface area contributed by atoms with Gasteiger partial charge in [-0.3, -0.25) is 4.57 Å². The van der Waals surface area contributed by atoms with Crippen LogP contribution in [0.3, 0.4) is 0 Å². The molecule has 1 heterocycles. The van der Waals surface area contributed by atoms with Crippen LogP contribution in [-0.2, 0) is 11.3 Å². The molecule has 0 atom stereocenters.